The highest BCUT2D eigenvalue weighted by atomic mass is 32.1. The fourth-order valence-corrected chi connectivity index (χ4v) is 8.09. The van der Waals surface area contributed by atoms with E-state index in [4.69, 9.17) is 4.74 Å². The van der Waals surface area contributed by atoms with Crippen LogP contribution in [0, 0.1) is 11.3 Å². The number of carboxylic acids is 1. The van der Waals surface area contributed by atoms with Crippen molar-refractivity contribution in [2.45, 2.75) is 87.7 Å². The Balaban J connectivity index is 1.53. The summed E-state index contributed by atoms with van der Waals surface area (Å²) in [5.74, 6) is -2.75. The van der Waals surface area contributed by atoms with Gasteiger partial charge in [0.15, 0.2) is 5.06 Å². The Morgan fingerprint density at radius 2 is 1.71 bits per heavy atom. The maximum atomic E-state index is 14.9. The van der Waals surface area contributed by atoms with Crippen LogP contribution in [0.25, 0.3) is 0 Å². The minimum Gasteiger partial charge on any atom is -0.481 e. The van der Waals surface area contributed by atoms with Gasteiger partial charge in [0, 0.05) is 38.7 Å². The number of thiophene rings is 1. The van der Waals surface area contributed by atoms with Gasteiger partial charge in [-0.2, -0.15) is 31.6 Å². The zero-order valence-corrected chi connectivity index (χ0v) is 28.9. The van der Waals surface area contributed by atoms with Crippen molar-refractivity contribution in [3.8, 4) is 11.1 Å². The molecule has 2 aliphatic heterocycles. The van der Waals surface area contributed by atoms with Crippen molar-refractivity contribution >= 4 is 29.1 Å². The van der Waals surface area contributed by atoms with Crippen molar-refractivity contribution in [2.24, 2.45) is 0 Å². The van der Waals surface area contributed by atoms with Gasteiger partial charge in [0.1, 0.15) is 10.6 Å². The molecule has 278 valence electrons. The number of benzene rings is 1. The molecule has 2 amide bonds. The number of nitriles is 1. The first-order valence-electron chi connectivity index (χ1n) is 16.8. The zero-order valence-electron chi connectivity index (χ0n) is 28.1. The Morgan fingerprint density at radius 1 is 1.00 bits per heavy atom. The zero-order chi connectivity index (χ0) is 37.9. The Labute approximate surface area is 299 Å². The van der Waals surface area contributed by atoms with E-state index in [1.54, 1.807) is 31.2 Å². The van der Waals surface area contributed by atoms with Crippen molar-refractivity contribution in [3.05, 3.63) is 82.0 Å². The molecule has 0 aliphatic carbocycles. The second-order valence-corrected chi connectivity index (χ2v) is 14.0. The largest absolute Gasteiger partial charge is 0.481 e. The van der Waals surface area contributed by atoms with Crippen LogP contribution in [-0.2, 0) is 33.8 Å². The number of halogens is 6. The molecule has 1 N–H and O–H groups in total. The first-order valence-corrected chi connectivity index (χ1v) is 17.6. The number of ether oxygens (including phenoxy) is 1. The summed E-state index contributed by atoms with van der Waals surface area (Å²) in [5.41, 5.74) is -3.88. The van der Waals surface area contributed by atoms with Crippen LogP contribution >= 0.6 is 11.3 Å². The number of pyridine rings is 1. The summed E-state index contributed by atoms with van der Waals surface area (Å²) in [5, 5.41) is 19.5. The minimum atomic E-state index is -4.92. The van der Waals surface area contributed by atoms with Gasteiger partial charge < -0.3 is 19.6 Å². The number of nitrogens with zero attached hydrogens (tertiary/aromatic N) is 4. The summed E-state index contributed by atoms with van der Waals surface area (Å²) >= 11 is 0.270. The van der Waals surface area contributed by atoms with Crippen molar-refractivity contribution in [1.29, 1.82) is 5.26 Å². The molecule has 2 atom stereocenters. The van der Waals surface area contributed by atoms with Gasteiger partial charge in [-0.1, -0.05) is 48.9 Å². The molecule has 2 aliphatic rings. The number of rotatable bonds is 10. The monoisotopic (exact) mass is 750 g/mol. The highest BCUT2D eigenvalue weighted by molar-refractivity contribution is 7.13. The number of carbonyl (C=O) groups excluding carboxylic acids is 2. The first kappa shape index (κ1) is 38.6. The first-order chi connectivity index (χ1) is 24.6. The molecule has 1 aromatic carbocycles. The van der Waals surface area contributed by atoms with E-state index >= 15 is 0 Å². The number of aliphatic carboxylic acids is 1. The number of amides is 2. The van der Waals surface area contributed by atoms with Crippen LogP contribution in [0.4, 0.5) is 26.3 Å². The van der Waals surface area contributed by atoms with E-state index in [0.717, 1.165) is 35.4 Å². The number of hydrogen-bond donors (Lipinski definition) is 1. The van der Waals surface area contributed by atoms with Crippen molar-refractivity contribution in [2.75, 3.05) is 19.6 Å². The fourth-order valence-electron chi connectivity index (χ4n) is 7.30. The predicted octanol–water partition coefficient (Wildman–Crippen LogP) is 7.50. The maximum absolute atomic E-state index is 14.9. The van der Waals surface area contributed by atoms with E-state index in [1.165, 1.54) is 4.90 Å². The number of carbonyl (C=O) groups is 3. The summed E-state index contributed by atoms with van der Waals surface area (Å²) in [7, 11) is 0. The predicted molar refractivity (Wildman–Crippen MR) is 176 cm³/mol. The molecule has 2 aromatic heterocycles. The van der Waals surface area contributed by atoms with E-state index in [0.29, 0.717) is 17.5 Å². The van der Waals surface area contributed by atoms with Crippen LogP contribution in [-0.4, -0.2) is 69.0 Å². The third-order valence-electron chi connectivity index (χ3n) is 9.77. The van der Waals surface area contributed by atoms with Gasteiger partial charge in [0.2, 0.25) is 5.60 Å². The second-order valence-electron chi connectivity index (χ2n) is 12.9. The van der Waals surface area contributed by atoms with E-state index in [-0.39, 0.29) is 81.0 Å². The standard InChI is InChI=1S/C36H36F6N4O5S/c1-2-7-26-34(51-29-14-12-27(52-29)36(40,41)42,15-6-19-46(26)31(49)30-25(35(37,38)39)10-5-18-44-30)32(50)45-20-16-33(22-43,17-21-45)24-9-4-3-8-23(24)11-13-28(47)48/h3-5,8-10,12,14,18,26H,2,6-7,11,13,15-17,19-21H2,1H3,(H,47,48)/t26-,34+/m1/s1. The molecule has 0 spiro atoms. The van der Waals surface area contributed by atoms with Crippen LogP contribution < -0.4 is 4.74 Å². The molecule has 3 aromatic rings. The van der Waals surface area contributed by atoms with Gasteiger partial charge in [-0.3, -0.25) is 19.4 Å². The molecule has 52 heavy (non-hydrogen) atoms. The van der Waals surface area contributed by atoms with Gasteiger partial charge in [-0.15, -0.1) is 0 Å². The number of aryl methyl sites for hydroxylation is 1. The van der Waals surface area contributed by atoms with Gasteiger partial charge in [0.05, 0.1) is 23.1 Å². The third-order valence-corrected chi connectivity index (χ3v) is 10.8. The molecular weight excluding hydrogens is 714 g/mol. The summed E-state index contributed by atoms with van der Waals surface area (Å²) in [6.45, 7) is 1.70. The highest BCUT2D eigenvalue weighted by Crippen LogP contribution is 2.45. The number of hydrogen-bond acceptors (Lipinski definition) is 7. The molecule has 0 saturated carbocycles. The molecular formula is C36H36F6N4O5S. The van der Waals surface area contributed by atoms with Crippen molar-refractivity contribution < 1.29 is 50.6 Å². The third kappa shape index (κ3) is 7.74. The molecule has 0 unspecified atom stereocenters. The Hall–Kier alpha value is -4.65. The van der Waals surface area contributed by atoms with E-state index in [9.17, 15) is 51.1 Å². The number of piperidine rings is 2. The van der Waals surface area contributed by atoms with Crippen LogP contribution in [0.1, 0.15) is 83.9 Å². The van der Waals surface area contributed by atoms with Gasteiger partial charge in [0.25, 0.3) is 11.8 Å². The summed E-state index contributed by atoms with van der Waals surface area (Å²) in [6.07, 6.45) is -7.84. The van der Waals surface area contributed by atoms with E-state index in [1.807, 2.05) is 0 Å². The quantitative estimate of drug-likeness (QED) is 0.213. The molecule has 2 saturated heterocycles. The van der Waals surface area contributed by atoms with Crippen LogP contribution in [0.15, 0.2) is 54.7 Å². The number of carboxylic acid groups (broad SMARTS) is 1. The molecule has 0 bridgehead atoms. The average molecular weight is 751 g/mol. The van der Waals surface area contributed by atoms with Crippen molar-refractivity contribution in [3.63, 3.8) is 0 Å². The van der Waals surface area contributed by atoms with Gasteiger partial charge in [-0.05, 0) is 67.5 Å². The Kier molecular flexibility index (Phi) is 11.2. The second kappa shape index (κ2) is 15.1. The summed E-state index contributed by atoms with van der Waals surface area (Å²) in [4.78, 5) is 45.5. The summed E-state index contributed by atoms with van der Waals surface area (Å²) < 4.78 is 89.3. The lowest BCUT2D eigenvalue weighted by Crippen LogP contribution is -2.68. The number of aromatic nitrogens is 1. The lowest BCUT2D eigenvalue weighted by molar-refractivity contribution is -0.160. The molecule has 2 fully saturated rings. The van der Waals surface area contributed by atoms with Crippen LogP contribution in [0.2, 0.25) is 0 Å². The highest BCUT2D eigenvalue weighted by Gasteiger charge is 2.57. The molecule has 9 nitrogen and oxygen atoms in total. The lowest BCUT2D eigenvalue weighted by Gasteiger charge is -2.50. The maximum Gasteiger partial charge on any atom is 0.425 e. The SMILES string of the molecule is CCC[C@H]1N(C(=O)c2ncccc2C(F)(F)F)CCC[C@@]1(Oc1ccc(C(F)(F)F)s1)C(=O)N1CCC(C#N)(c2ccccc2CCC(=O)O)CC1. The van der Waals surface area contributed by atoms with Crippen molar-refractivity contribution in [1.82, 2.24) is 14.8 Å². The Bertz CT molecular complexity index is 1830. The lowest BCUT2D eigenvalue weighted by atomic mass is 9.71. The molecule has 4 heterocycles. The Morgan fingerprint density at radius 3 is 2.33 bits per heavy atom. The minimum absolute atomic E-state index is 0.00820. The van der Waals surface area contributed by atoms with E-state index < -0.39 is 63.3 Å². The average Bonchev–Trinajstić information content (AvgIpc) is 3.60. The van der Waals surface area contributed by atoms with Crippen LogP contribution in [0.5, 0.6) is 5.06 Å². The topological polar surface area (TPSA) is 124 Å². The normalized spacial score (nSPS) is 20.6. The summed E-state index contributed by atoms with van der Waals surface area (Å²) in [6, 6.07) is 11.9. The van der Waals surface area contributed by atoms with Gasteiger partial charge in [-0.25, -0.2) is 0 Å². The molecule has 5 rings (SSSR count). The van der Waals surface area contributed by atoms with E-state index in [2.05, 4.69) is 11.1 Å². The number of likely N-dealkylation sites (tertiary alicyclic amines) is 2. The smallest absolute Gasteiger partial charge is 0.425 e. The van der Waals surface area contributed by atoms with Gasteiger partial charge >= 0.3 is 18.3 Å². The number of alkyl halides is 6. The van der Waals surface area contributed by atoms with Crippen LogP contribution in [0.3, 0.4) is 0 Å². The fraction of sp³-hybridized carbons (Fsp3) is 0.472. The molecule has 16 heteroatoms. The molecule has 0 radical (unpaired) electrons.